The number of nitrogens with zero attached hydrogens (tertiary/aromatic N) is 1. The number of imidazole rings is 1. The Morgan fingerprint density at radius 3 is 2.38 bits per heavy atom. The van der Waals surface area contributed by atoms with Gasteiger partial charge in [0.05, 0.1) is 24.0 Å². The molecule has 0 aliphatic rings. The highest BCUT2D eigenvalue weighted by molar-refractivity contribution is 7.11. The van der Waals surface area contributed by atoms with Gasteiger partial charge >= 0.3 is 0 Å². The van der Waals surface area contributed by atoms with E-state index in [4.69, 9.17) is 4.74 Å². The summed E-state index contributed by atoms with van der Waals surface area (Å²) < 4.78 is 5.22. The first-order chi connectivity index (χ1) is 12.3. The Balaban J connectivity index is 2.14. The highest BCUT2D eigenvalue weighted by Gasteiger charge is 2.19. The molecule has 3 aromatic rings. The summed E-state index contributed by atoms with van der Waals surface area (Å²) in [7, 11) is 1.56. The maximum absolute atomic E-state index is 12.4. The van der Waals surface area contributed by atoms with Gasteiger partial charge in [-0.3, -0.25) is 9.59 Å². The summed E-state index contributed by atoms with van der Waals surface area (Å²) in [5.41, 5.74) is 0.555. The van der Waals surface area contributed by atoms with E-state index in [9.17, 15) is 9.59 Å². The molecule has 0 aliphatic carbocycles. The molecule has 0 amide bonds. The number of thiophene rings is 1. The van der Waals surface area contributed by atoms with Crippen molar-refractivity contribution in [2.75, 3.05) is 7.11 Å². The molecule has 0 saturated carbocycles. The largest absolute Gasteiger partial charge is 0.495 e. The van der Waals surface area contributed by atoms with Crippen LogP contribution in [-0.4, -0.2) is 27.0 Å². The maximum Gasteiger partial charge on any atom is 0.272 e. The summed E-state index contributed by atoms with van der Waals surface area (Å²) in [6.07, 6.45) is 4.75. The van der Waals surface area contributed by atoms with E-state index in [0.29, 0.717) is 11.4 Å². The van der Waals surface area contributed by atoms with Crippen molar-refractivity contribution in [3.8, 4) is 5.75 Å². The van der Waals surface area contributed by atoms with Gasteiger partial charge in [-0.2, -0.15) is 0 Å². The maximum atomic E-state index is 12.4. The number of aromatic nitrogens is 4. The zero-order valence-electron chi connectivity index (χ0n) is 15.0. The Hall–Kier alpha value is -2.87. The fourth-order valence-electron chi connectivity index (χ4n) is 2.56. The number of hydrogen-bond donors (Lipinski definition) is 3. The van der Waals surface area contributed by atoms with Gasteiger partial charge in [-0.25, -0.2) is 4.98 Å². The van der Waals surface area contributed by atoms with Crippen LogP contribution >= 0.6 is 11.3 Å². The van der Waals surface area contributed by atoms with E-state index < -0.39 is 5.56 Å². The molecular formula is C18H20N4O3S. The van der Waals surface area contributed by atoms with Crippen LogP contribution in [0.5, 0.6) is 5.75 Å². The van der Waals surface area contributed by atoms with Gasteiger partial charge < -0.3 is 19.7 Å². The van der Waals surface area contributed by atoms with Crippen molar-refractivity contribution >= 4 is 23.5 Å². The van der Waals surface area contributed by atoms with Gasteiger partial charge in [-0.05, 0) is 23.6 Å². The molecule has 0 aliphatic heterocycles. The quantitative estimate of drug-likeness (QED) is 0.633. The smallest absolute Gasteiger partial charge is 0.272 e. The van der Waals surface area contributed by atoms with E-state index >= 15 is 0 Å². The lowest BCUT2D eigenvalue weighted by molar-refractivity contribution is 0.416. The topological polar surface area (TPSA) is 104 Å². The van der Waals surface area contributed by atoms with Crippen LogP contribution in [0.1, 0.15) is 37.0 Å². The number of methoxy groups -OCH3 is 1. The normalized spacial score (nSPS) is 13.4. The number of hydrogen-bond acceptors (Lipinski definition) is 5. The molecule has 7 nitrogen and oxygen atoms in total. The van der Waals surface area contributed by atoms with Gasteiger partial charge in [0.15, 0.2) is 0 Å². The zero-order chi connectivity index (χ0) is 18.9. The van der Waals surface area contributed by atoms with Gasteiger partial charge in [0.2, 0.25) is 0 Å². The van der Waals surface area contributed by atoms with E-state index in [0.717, 1.165) is 10.6 Å². The second-order valence-electron chi connectivity index (χ2n) is 6.79. The van der Waals surface area contributed by atoms with Crippen LogP contribution in [0.25, 0.3) is 12.2 Å². The second-order valence-corrected chi connectivity index (χ2v) is 7.74. The Kier molecular flexibility index (Phi) is 4.69. The van der Waals surface area contributed by atoms with Crippen molar-refractivity contribution < 1.29 is 4.74 Å². The molecule has 8 heteroatoms. The second kappa shape index (κ2) is 6.80. The summed E-state index contributed by atoms with van der Waals surface area (Å²) >= 11 is 1.42. The minimum atomic E-state index is -0.394. The third-order valence-electron chi connectivity index (χ3n) is 3.84. The number of H-pyrrole nitrogens is 3. The molecular weight excluding hydrogens is 352 g/mol. The van der Waals surface area contributed by atoms with Crippen LogP contribution < -0.4 is 26.6 Å². The lowest BCUT2D eigenvalue weighted by atomic mass is 9.90. The minimum absolute atomic E-state index is 0.155. The van der Waals surface area contributed by atoms with E-state index in [-0.39, 0.29) is 21.7 Å². The van der Waals surface area contributed by atoms with Gasteiger partial charge in [-0.15, -0.1) is 11.3 Å². The number of ether oxygens (including phenoxy) is 1. The van der Waals surface area contributed by atoms with Crippen LogP contribution in [0.15, 0.2) is 27.4 Å². The fourth-order valence-corrected chi connectivity index (χ4v) is 3.35. The van der Waals surface area contributed by atoms with Gasteiger partial charge in [0.1, 0.15) is 16.4 Å². The number of nitrogens with one attached hydrogen (secondary N) is 3. The van der Waals surface area contributed by atoms with Crippen LogP contribution in [0.4, 0.5) is 0 Å². The summed E-state index contributed by atoms with van der Waals surface area (Å²) in [6, 6.07) is 1.80. The van der Waals surface area contributed by atoms with E-state index in [2.05, 4.69) is 19.9 Å². The molecule has 0 spiro atoms. The van der Waals surface area contributed by atoms with Crippen molar-refractivity contribution in [1.29, 1.82) is 0 Å². The van der Waals surface area contributed by atoms with Crippen molar-refractivity contribution in [1.82, 2.24) is 19.9 Å². The van der Waals surface area contributed by atoms with Gasteiger partial charge in [0, 0.05) is 11.1 Å². The first kappa shape index (κ1) is 17.9. The van der Waals surface area contributed by atoms with Gasteiger partial charge in [-0.1, -0.05) is 20.8 Å². The Bertz CT molecular complexity index is 1160. The molecule has 3 rings (SSSR count). The van der Waals surface area contributed by atoms with E-state index in [1.807, 2.05) is 26.2 Å². The highest BCUT2D eigenvalue weighted by Crippen LogP contribution is 2.24. The zero-order valence-corrected chi connectivity index (χ0v) is 15.8. The van der Waals surface area contributed by atoms with Crippen molar-refractivity contribution in [2.45, 2.75) is 26.2 Å². The van der Waals surface area contributed by atoms with E-state index in [1.165, 1.54) is 11.3 Å². The van der Waals surface area contributed by atoms with Crippen LogP contribution in [0.3, 0.4) is 0 Å². The Labute approximate surface area is 153 Å². The summed E-state index contributed by atoms with van der Waals surface area (Å²) in [5, 5.41) is 2.18. The third-order valence-corrected chi connectivity index (χ3v) is 4.68. The van der Waals surface area contributed by atoms with Crippen LogP contribution in [-0.2, 0) is 5.41 Å². The summed E-state index contributed by atoms with van der Waals surface area (Å²) in [4.78, 5) is 38.2. The van der Waals surface area contributed by atoms with Gasteiger partial charge in [0.25, 0.3) is 11.1 Å². The monoisotopic (exact) mass is 372 g/mol. The average molecular weight is 372 g/mol. The molecule has 3 aromatic heterocycles. The summed E-state index contributed by atoms with van der Waals surface area (Å²) in [6.45, 7) is 6.12. The summed E-state index contributed by atoms with van der Waals surface area (Å²) in [5.74, 6) is 0.650. The van der Waals surface area contributed by atoms with E-state index in [1.54, 1.807) is 31.7 Å². The number of rotatable bonds is 3. The first-order valence-electron chi connectivity index (χ1n) is 8.01. The third kappa shape index (κ3) is 3.55. The highest BCUT2D eigenvalue weighted by atomic mass is 32.1. The fraction of sp³-hybridized carbons (Fsp3) is 0.278. The predicted octanol–water partition coefficient (Wildman–Crippen LogP) is 0.811. The molecule has 3 N–H and O–H groups in total. The predicted molar refractivity (Wildman–Crippen MR) is 102 cm³/mol. The molecule has 3 heterocycles. The molecule has 0 unspecified atom stereocenters. The molecule has 0 saturated heterocycles. The number of aromatic amines is 3. The lowest BCUT2D eigenvalue weighted by Gasteiger charge is -2.16. The van der Waals surface area contributed by atoms with Crippen LogP contribution in [0.2, 0.25) is 0 Å². The lowest BCUT2D eigenvalue weighted by Crippen LogP contribution is -2.46. The van der Waals surface area contributed by atoms with Crippen molar-refractivity contribution in [3.05, 3.63) is 65.4 Å². The molecule has 0 aromatic carbocycles. The molecule has 136 valence electrons. The minimum Gasteiger partial charge on any atom is -0.495 e. The molecule has 0 radical (unpaired) electrons. The molecule has 0 fully saturated rings. The molecule has 0 atom stereocenters. The standard InChI is InChI=1S/C18H20N4O3S/c1-18(2,3)15-10(19-9-20-15)7-11-16(23)22-12(17(24)21-11)8-14-13(25-4)5-6-26-14/h5-9H,1-4H3,(H,19,20)(H,21,24)(H,22,23). The Morgan fingerprint density at radius 1 is 1.12 bits per heavy atom. The molecule has 0 bridgehead atoms. The van der Waals surface area contributed by atoms with Crippen LogP contribution in [0, 0.1) is 0 Å². The van der Waals surface area contributed by atoms with Crippen molar-refractivity contribution in [2.24, 2.45) is 0 Å². The Morgan fingerprint density at radius 2 is 1.77 bits per heavy atom. The first-order valence-corrected chi connectivity index (χ1v) is 8.89. The molecule has 26 heavy (non-hydrogen) atoms. The van der Waals surface area contributed by atoms with Crippen molar-refractivity contribution in [3.63, 3.8) is 0 Å². The average Bonchev–Trinajstić information content (AvgIpc) is 3.20. The SMILES string of the molecule is COc1ccsc1C=c1[nH]c(=O)c(=Cc2nc[nH]c2C(C)(C)C)[nH]c1=O.